The zero-order valence-electron chi connectivity index (χ0n) is 14.9. The van der Waals surface area contributed by atoms with E-state index in [9.17, 15) is 35.7 Å². The molecule has 0 aliphatic carbocycles. The van der Waals surface area contributed by atoms with Gasteiger partial charge in [0, 0.05) is 7.11 Å². The van der Waals surface area contributed by atoms with Crippen LogP contribution in [-0.4, -0.2) is 116 Å². The molecule has 2 aliphatic rings. The van der Waals surface area contributed by atoms with Crippen LogP contribution in [0.15, 0.2) is 0 Å². The van der Waals surface area contributed by atoms with Crippen LogP contribution in [0.5, 0.6) is 0 Å². The van der Waals surface area contributed by atoms with Crippen molar-refractivity contribution in [2.45, 2.75) is 61.0 Å². The highest BCUT2D eigenvalue weighted by molar-refractivity contribution is 5.07. The minimum Gasteiger partial charge on any atom is -0.394 e. The zero-order chi connectivity index (χ0) is 20.0. The summed E-state index contributed by atoms with van der Waals surface area (Å²) in [6, 6.07) is 0. The van der Waals surface area contributed by atoms with E-state index in [4.69, 9.17) is 18.9 Å². The molecule has 11 nitrogen and oxygen atoms in total. The Kier molecular flexibility index (Phi) is 6.04. The van der Waals surface area contributed by atoms with Gasteiger partial charge in [-0.2, -0.15) is 0 Å². The summed E-state index contributed by atoms with van der Waals surface area (Å²) in [7, 11) is 1.18. The highest BCUT2D eigenvalue weighted by atomic mass is 16.8. The second-order valence-electron chi connectivity index (χ2n) is 7.11. The second kappa shape index (κ2) is 7.18. The van der Waals surface area contributed by atoms with Crippen molar-refractivity contribution in [2.24, 2.45) is 0 Å². The van der Waals surface area contributed by atoms with Gasteiger partial charge in [-0.15, -0.1) is 0 Å². The van der Waals surface area contributed by atoms with Crippen molar-refractivity contribution in [1.82, 2.24) is 0 Å². The summed E-state index contributed by atoms with van der Waals surface area (Å²) >= 11 is 0. The lowest BCUT2D eigenvalue weighted by molar-refractivity contribution is -0.301. The molecule has 26 heavy (non-hydrogen) atoms. The van der Waals surface area contributed by atoms with E-state index in [0.717, 1.165) is 0 Å². The van der Waals surface area contributed by atoms with Crippen LogP contribution in [0.2, 0.25) is 0 Å². The molecule has 0 spiro atoms. The molecule has 154 valence electrons. The normalized spacial score (nSPS) is 51.9. The Morgan fingerprint density at radius 3 is 1.69 bits per heavy atom. The SMILES string of the molecule is CO[C@]1(CO)O[C@H](CO[C@]2(CO)O[C@H](CO)C(C)(O)[C@H]2O)C(C)(O)[C@H]1O. The van der Waals surface area contributed by atoms with Crippen molar-refractivity contribution in [3.63, 3.8) is 0 Å². The average molecular weight is 384 g/mol. The van der Waals surface area contributed by atoms with Crippen molar-refractivity contribution in [2.75, 3.05) is 33.5 Å². The van der Waals surface area contributed by atoms with Gasteiger partial charge in [0.25, 0.3) is 0 Å². The Morgan fingerprint density at radius 1 is 0.846 bits per heavy atom. The summed E-state index contributed by atoms with van der Waals surface area (Å²) in [6.07, 6.45) is -5.80. The molecule has 2 aliphatic heterocycles. The third-order valence-electron chi connectivity index (χ3n) is 5.36. The van der Waals surface area contributed by atoms with E-state index < -0.39 is 73.6 Å². The first-order valence-electron chi connectivity index (χ1n) is 8.15. The van der Waals surface area contributed by atoms with Gasteiger partial charge in [-0.05, 0) is 13.8 Å². The zero-order valence-corrected chi connectivity index (χ0v) is 14.9. The summed E-state index contributed by atoms with van der Waals surface area (Å²) in [5.74, 6) is -3.96. The lowest BCUT2D eigenvalue weighted by Crippen LogP contribution is -2.55. The number of ether oxygens (including phenoxy) is 4. The molecule has 0 aromatic heterocycles. The van der Waals surface area contributed by atoms with Crippen LogP contribution in [0.4, 0.5) is 0 Å². The Bertz CT molecular complexity index is 492. The third-order valence-corrected chi connectivity index (χ3v) is 5.36. The van der Waals surface area contributed by atoms with Gasteiger partial charge in [0.1, 0.15) is 48.8 Å². The Labute approximate surface area is 150 Å². The summed E-state index contributed by atoms with van der Waals surface area (Å²) in [5, 5.41) is 69.8. The summed E-state index contributed by atoms with van der Waals surface area (Å²) < 4.78 is 21.2. The summed E-state index contributed by atoms with van der Waals surface area (Å²) in [4.78, 5) is 0. The van der Waals surface area contributed by atoms with Gasteiger partial charge < -0.3 is 54.7 Å². The van der Waals surface area contributed by atoms with Gasteiger partial charge in [0.15, 0.2) is 0 Å². The number of hydrogen-bond donors (Lipinski definition) is 7. The predicted molar refractivity (Wildman–Crippen MR) is 82.7 cm³/mol. The maximum Gasteiger partial charge on any atom is 0.221 e. The van der Waals surface area contributed by atoms with E-state index in [-0.39, 0.29) is 0 Å². The van der Waals surface area contributed by atoms with Crippen molar-refractivity contribution in [3.05, 3.63) is 0 Å². The highest BCUT2D eigenvalue weighted by Crippen LogP contribution is 2.42. The van der Waals surface area contributed by atoms with Crippen molar-refractivity contribution in [1.29, 1.82) is 0 Å². The van der Waals surface area contributed by atoms with Crippen molar-refractivity contribution in [3.8, 4) is 0 Å². The number of methoxy groups -OCH3 is 1. The number of hydrogen-bond acceptors (Lipinski definition) is 11. The van der Waals surface area contributed by atoms with Crippen molar-refractivity contribution >= 4 is 0 Å². The second-order valence-corrected chi connectivity index (χ2v) is 7.11. The minimum absolute atomic E-state index is 0.499. The summed E-state index contributed by atoms with van der Waals surface area (Å²) in [6.45, 7) is -0.292. The number of rotatable bonds is 7. The molecule has 2 heterocycles. The van der Waals surface area contributed by atoms with Crippen LogP contribution in [0.25, 0.3) is 0 Å². The molecule has 2 unspecified atom stereocenters. The lowest BCUT2D eigenvalue weighted by Gasteiger charge is -2.34. The molecular weight excluding hydrogens is 356 g/mol. The molecule has 8 atom stereocenters. The van der Waals surface area contributed by atoms with Crippen LogP contribution in [0, 0.1) is 0 Å². The van der Waals surface area contributed by atoms with Gasteiger partial charge in [0.05, 0.1) is 13.2 Å². The predicted octanol–water partition coefficient (Wildman–Crippen LogP) is -3.96. The van der Waals surface area contributed by atoms with Gasteiger partial charge in [0.2, 0.25) is 11.6 Å². The molecular formula is C15H28O11. The molecule has 2 fully saturated rings. The van der Waals surface area contributed by atoms with Gasteiger partial charge in [-0.25, -0.2) is 0 Å². The van der Waals surface area contributed by atoms with E-state index >= 15 is 0 Å². The van der Waals surface area contributed by atoms with E-state index in [0.29, 0.717) is 0 Å². The highest BCUT2D eigenvalue weighted by Gasteiger charge is 2.64. The molecule has 0 bridgehead atoms. The van der Waals surface area contributed by atoms with Gasteiger partial charge >= 0.3 is 0 Å². The first-order valence-corrected chi connectivity index (χ1v) is 8.15. The monoisotopic (exact) mass is 384 g/mol. The molecule has 0 aromatic carbocycles. The van der Waals surface area contributed by atoms with Crippen LogP contribution < -0.4 is 0 Å². The average Bonchev–Trinajstić information content (AvgIpc) is 2.94. The Balaban J connectivity index is 2.19. The van der Waals surface area contributed by atoms with Gasteiger partial charge in [-0.3, -0.25) is 0 Å². The molecule has 11 heteroatoms. The smallest absolute Gasteiger partial charge is 0.221 e. The van der Waals surface area contributed by atoms with Crippen LogP contribution in [0.3, 0.4) is 0 Å². The lowest BCUT2D eigenvalue weighted by atomic mass is 9.90. The minimum atomic E-state index is -2.08. The molecule has 7 N–H and O–H groups in total. The molecule has 0 saturated carbocycles. The van der Waals surface area contributed by atoms with Gasteiger partial charge in [-0.1, -0.05) is 0 Å². The summed E-state index contributed by atoms with van der Waals surface area (Å²) in [5.41, 5.74) is -3.81. The quantitative estimate of drug-likeness (QED) is 0.228. The molecule has 0 amide bonds. The van der Waals surface area contributed by atoms with Crippen LogP contribution >= 0.6 is 0 Å². The molecule has 2 rings (SSSR count). The number of aliphatic hydroxyl groups excluding tert-OH is 5. The maximum absolute atomic E-state index is 10.5. The van der Waals surface area contributed by atoms with E-state index in [2.05, 4.69) is 0 Å². The third kappa shape index (κ3) is 3.06. The maximum atomic E-state index is 10.5. The molecule has 2 saturated heterocycles. The number of aliphatic hydroxyl groups is 7. The fourth-order valence-electron chi connectivity index (χ4n) is 3.36. The topological polar surface area (TPSA) is 179 Å². The Morgan fingerprint density at radius 2 is 1.31 bits per heavy atom. The molecule has 0 aromatic rings. The fraction of sp³-hybridized carbons (Fsp3) is 1.00. The van der Waals surface area contributed by atoms with Crippen molar-refractivity contribution < 1.29 is 54.7 Å². The fourth-order valence-corrected chi connectivity index (χ4v) is 3.36. The Hall–Kier alpha value is -0.440. The first-order chi connectivity index (χ1) is 12.0. The standard InChI is InChI=1S/C15H28O11/c1-12(21)8(4-16)25-15(7-18,11(12)20)24-5-9-13(2,22)10(19)14(6-17,23-3)26-9/h8-11,16-22H,4-7H2,1-3H3/t8-,9-,10-,11-,12?,13?,14-,15-/m1/s1. The first kappa shape index (κ1) is 21.9. The molecule has 0 radical (unpaired) electrons. The van der Waals surface area contributed by atoms with E-state index in [1.807, 2.05) is 0 Å². The van der Waals surface area contributed by atoms with E-state index in [1.165, 1.54) is 21.0 Å². The largest absolute Gasteiger partial charge is 0.394 e. The van der Waals surface area contributed by atoms with Crippen LogP contribution in [-0.2, 0) is 18.9 Å². The van der Waals surface area contributed by atoms with E-state index in [1.54, 1.807) is 0 Å². The van der Waals surface area contributed by atoms with Crippen LogP contribution in [0.1, 0.15) is 13.8 Å².